The van der Waals surface area contributed by atoms with Crippen molar-refractivity contribution in [3.8, 4) is 0 Å². The lowest BCUT2D eigenvalue weighted by Crippen LogP contribution is -2.07. The molecule has 0 radical (unpaired) electrons. The SMILES string of the molecule is Cc1sc2nc(Cn3ncc(Cl)c3C)nc(Cl)c2c1C. The summed E-state index contributed by atoms with van der Waals surface area (Å²) in [6.45, 7) is 6.48. The quantitative estimate of drug-likeness (QED) is 0.664. The van der Waals surface area contributed by atoms with Crippen LogP contribution in [-0.2, 0) is 6.54 Å². The monoisotopic (exact) mass is 326 g/mol. The summed E-state index contributed by atoms with van der Waals surface area (Å²) in [4.78, 5) is 11.1. The molecule has 0 N–H and O–H groups in total. The van der Waals surface area contributed by atoms with Crippen LogP contribution >= 0.6 is 34.5 Å². The predicted molar refractivity (Wildman–Crippen MR) is 83.0 cm³/mol. The van der Waals surface area contributed by atoms with E-state index in [2.05, 4.69) is 22.0 Å². The molecule has 0 aliphatic carbocycles. The first kappa shape index (κ1) is 13.8. The van der Waals surface area contributed by atoms with E-state index in [1.807, 2.05) is 13.8 Å². The molecule has 0 unspecified atom stereocenters. The van der Waals surface area contributed by atoms with Crippen LogP contribution in [0.4, 0.5) is 0 Å². The molecule has 4 nitrogen and oxygen atoms in total. The van der Waals surface area contributed by atoms with Crippen LogP contribution in [0.3, 0.4) is 0 Å². The first-order valence-electron chi connectivity index (χ1n) is 6.07. The van der Waals surface area contributed by atoms with Gasteiger partial charge in [-0.05, 0) is 26.3 Å². The highest BCUT2D eigenvalue weighted by molar-refractivity contribution is 7.18. The topological polar surface area (TPSA) is 43.6 Å². The molecule has 0 spiro atoms. The Morgan fingerprint density at radius 1 is 1.20 bits per heavy atom. The average molecular weight is 327 g/mol. The summed E-state index contributed by atoms with van der Waals surface area (Å²) in [5, 5.41) is 6.30. The van der Waals surface area contributed by atoms with Crippen molar-refractivity contribution in [1.82, 2.24) is 19.7 Å². The molecule has 0 aliphatic rings. The van der Waals surface area contributed by atoms with Crippen LogP contribution in [0.5, 0.6) is 0 Å². The lowest BCUT2D eigenvalue weighted by atomic mass is 10.2. The van der Waals surface area contributed by atoms with Gasteiger partial charge in [0.05, 0.1) is 22.3 Å². The van der Waals surface area contributed by atoms with Crippen LogP contribution in [0.1, 0.15) is 22.0 Å². The number of halogens is 2. The Kier molecular flexibility index (Phi) is 3.44. The molecular weight excluding hydrogens is 315 g/mol. The lowest BCUT2D eigenvalue weighted by Gasteiger charge is -2.04. The Labute approximate surface area is 130 Å². The fourth-order valence-electron chi connectivity index (χ4n) is 2.03. The van der Waals surface area contributed by atoms with Gasteiger partial charge in [0.1, 0.15) is 16.5 Å². The number of hydrogen-bond donors (Lipinski definition) is 0. The summed E-state index contributed by atoms with van der Waals surface area (Å²) in [5.41, 5.74) is 2.05. The van der Waals surface area contributed by atoms with Crippen LogP contribution in [0.25, 0.3) is 10.2 Å². The van der Waals surface area contributed by atoms with Gasteiger partial charge in [0.2, 0.25) is 0 Å². The maximum atomic E-state index is 6.29. The van der Waals surface area contributed by atoms with Gasteiger partial charge >= 0.3 is 0 Å². The van der Waals surface area contributed by atoms with Gasteiger partial charge in [-0.15, -0.1) is 11.3 Å². The van der Waals surface area contributed by atoms with Crippen LogP contribution in [0.15, 0.2) is 6.20 Å². The minimum atomic E-state index is 0.463. The van der Waals surface area contributed by atoms with Crippen molar-refractivity contribution in [2.45, 2.75) is 27.3 Å². The number of rotatable bonds is 2. The van der Waals surface area contributed by atoms with Crippen molar-refractivity contribution >= 4 is 44.8 Å². The molecule has 104 valence electrons. The van der Waals surface area contributed by atoms with Crippen molar-refractivity contribution in [2.75, 3.05) is 0 Å². The number of nitrogens with zero attached hydrogens (tertiary/aromatic N) is 4. The Balaban J connectivity index is 2.07. The van der Waals surface area contributed by atoms with Crippen LogP contribution in [0, 0.1) is 20.8 Å². The largest absolute Gasteiger partial charge is 0.261 e. The van der Waals surface area contributed by atoms with Gasteiger partial charge in [-0.25, -0.2) is 9.97 Å². The summed E-state index contributed by atoms with van der Waals surface area (Å²) >= 11 is 13.9. The number of aromatic nitrogens is 4. The second kappa shape index (κ2) is 4.98. The average Bonchev–Trinajstić information content (AvgIpc) is 2.84. The van der Waals surface area contributed by atoms with Gasteiger partial charge in [-0.2, -0.15) is 5.10 Å². The lowest BCUT2D eigenvalue weighted by molar-refractivity contribution is 0.639. The Morgan fingerprint density at radius 3 is 2.60 bits per heavy atom. The molecule has 0 bridgehead atoms. The predicted octanol–water partition coefficient (Wildman–Crippen LogP) is 4.17. The molecule has 3 rings (SSSR count). The number of fused-ring (bicyclic) bond motifs is 1. The maximum absolute atomic E-state index is 6.29. The van der Waals surface area contributed by atoms with Gasteiger partial charge in [0, 0.05) is 4.88 Å². The molecule has 0 atom stereocenters. The zero-order valence-electron chi connectivity index (χ0n) is 11.2. The fraction of sp³-hybridized carbons (Fsp3) is 0.308. The number of aryl methyl sites for hydroxylation is 2. The van der Waals surface area contributed by atoms with Crippen molar-refractivity contribution in [2.24, 2.45) is 0 Å². The van der Waals surface area contributed by atoms with Crippen molar-refractivity contribution in [3.05, 3.63) is 38.3 Å². The molecule has 0 fully saturated rings. The third-order valence-electron chi connectivity index (χ3n) is 3.37. The van der Waals surface area contributed by atoms with E-state index in [9.17, 15) is 0 Å². The number of thiophene rings is 1. The Bertz CT molecular complexity index is 806. The molecule has 20 heavy (non-hydrogen) atoms. The Hall–Kier alpha value is -1.17. The van der Waals surface area contributed by atoms with E-state index in [1.54, 1.807) is 22.2 Å². The molecule has 0 saturated carbocycles. The summed E-state index contributed by atoms with van der Waals surface area (Å²) in [7, 11) is 0. The second-order valence-corrected chi connectivity index (χ2v) is 6.60. The van der Waals surface area contributed by atoms with Crippen LogP contribution < -0.4 is 0 Å². The van der Waals surface area contributed by atoms with E-state index in [0.717, 1.165) is 21.5 Å². The van der Waals surface area contributed by atoms with Gasteiger partial charge in [0.25, 0.3) is 0 Å². The van der Waals surface area contributed by atoms with E-state index in [4.69, 9.17) is 23.2 Å². The minimum absolute atomic E-state index is 0.463. The second-order valence-electron chi connectivity index (χ2n) is 4.63. The van der Waals surface area contributed by atoms with Crippen LogP contribution in [0.2, 0.25) is 10.2 Å². The van der Waals surface area contributed by atoms with E-state index >= 15 is 0 Å². The molecule has 0 aliphatic heterocycles. The molecule has 7 heteroatoms. The highest BCUT2D eigenvalue weighted by Gasteiger charge is 2.14. The summed E-state index contributed by atoms with van der Waals surface area (Å²) in [5.74, 6) is 0.645. The van der Waals surface area contributed by atoms with E-state index in [-0.39, 0.29) is 0 Å². The highest BCUT2D eigenvalue weighted by atomic mass is 35.5. The van der Waals surface area contributed by atoms with Gasteiger partial charge in [0.15, 0.2) is 5.82 Å². The van der Waals surface area contributed by atoms with Crippen LogP contribution in [-0.4, -0.2) is 19.7 Å². The highest BCUT2D eigenvalue weighted by Crippen LogP contribution is 2.33. The van der Waals surface area contributed by atoms with Gasteiger partial charge in [-0.3, -0.25) is 4.68 Å². The van der Waals surface area contributed by atoms with Crippen molar-refractivity contribution in [3.63, 3.8) is 0 Å². The fourth-order valence-corrected chi connectivity index (χ4v) is 3.60. The molecule has 0 amide bonds. The normalized spacial score (nSPS) is 11.4. The van der Waals surface area contributed by atoms with E-state index in [1.165, 1.54) is 4.88 Å². The van der Waals surface area contributed by atoms with Crippen molar-refractivity contribution in [1.29, 1.82) is 0 Å². The first-order valence-corrected chi connectivity index (χ1v) is 7.64. The minimum Gasteiger partial charge on any atom is -0.261 e. The Morgan fingerprint density at radius 2 is 1.95 bits per heavy atom. The van der Waals surface area contributed by atoms with Gasteiger partial charge in [-0.1, -0.05) is 23.2 Å². The smallest absolute Gasteiger partial charge is 0.153 e. The van der Waals surface area contributed by atoms with E-state index < -0.39 is 0 Å². The summed E-state index contributed by atoms with van der Waals surface area (Å²) < 4.78 is 1.77. The van der Waals surface area contributed by atoms with E-state index in [0.29, 0.717) is 22.5 Å². The standard InChI is InChI=1S/C13H12Cl2N4S/c1-6-8(3)20-13-11(6)12(15)17-10(18-13)5-19-7(2)9(14)4-16-19/h4H,5H2,1-3H3. The zero-order valence-corrected chi connectivity index (χ0v) is 13.6. The van der Waals surface area contributed by atoms with Gasteiger partial charge < -0.3 is 0 Å². The maximum Gasteiger partial charge on any atom is 0.153 e. The molecule has 3 aromatic rings. The third kappa shape index (κ3) is 2.20. The summed E-state index contributed by atoms with van der Waals surface area (Å²) in [6.07, 6.45) is 1.62. The first-order chi connectivity index (χ1) is 9.47. The number of hydrogen-bond acceptors (Lipinski definition) is 4. The molecule has 3 heterocycles. The third-order valence-corrected chi connectivity index (χ3v) is 5.11. The molecular formula is C13H12Cl2N4S. The molecule has 0 aromatic carbocycles. The zero-order chi connectivity index (χ0) is 14.4. The molecule has 0 saturated heterocycles. The molecule has 3 aromatic heterocycles. The van der Waals surface area contributed by atoms with Crippen molar-refractivity contribution < 1.29 is 0 Å². The summed E-state index contributed by atoms with van der Waals surface area (Å²) in [6, 6.07) is 0.